The standard InChI is InChI=1S/C21H21N3O.H2/c1-14-9-10-16(12-17(14)20-8-5-11-22-24-20)23-21(25)19-13-18(19)15-6-3-2-4-7-15;/h2-12,18-19,22,24H,13H2,1H3,(H,23,25);1H/t18?,19-;/m1./s1. The van der Waals surface area contributed by atoms with Gasteiger partial charge in [-0.15, -0.1) is 0 Å². The van der Waals surface area contributed by atoms with Crippen LogP contribution in [0.15, 0.2) is 66.9 Å². The number of benzene rings is 2. The summed E-state index contributed by atoms with van der Waals surface area (Å²) in [5.41, 5.74) is 11.4. The van der Waals surface area contributed by atoms with Crippen molar-refractivity contribution in [3.63, 3.8) is 0 Å². The van der Waals surface area contributed by atoms with E-state index in [1.165, 1.54) is 5.56 Å². The monoisotopic (exact) mass is 333 g/mol. The number of hydrogen-bond acceptors (Lipinski definition) is 3. The van der Waals surface area contributed by atoms with Crippen molar-refractivity contribution in [2.45, 2.75) is 19.3 Å². The quantitative estimate of drug-likeness (QED) is 0.794. The van der Waals surface area contributed by atoms with Gasteiger partial charge in [0.25, 0.3) is 0 Å². The molecule has 2 aliphatic rings. The lowest BCUT2D eigenvalue weighted by atomic mass is 10.0. The third-order valence-corrected chi connectivity index (χ3v) is 4.80. The zero-order valence-electron chi connectivity index (χ0n) is 14.1. The highest BCUT2D eigenvalue weighted by molar-refractivity contribution is 5.95. The highest BCUT2D eigenvalue weighted by Gasteiger charge is 2.43. The van der Waals surface area contributed by atoms with E-state index in [0.717, 1.165) is 28.9 Å². The molecule has 1 unspecified atom stereocenters. The normalized spacial score (nSPS) is 20.9. The van der Waals surface area contributed by atoms with Crippen LogP contribution in [0.4, 0.5) is 5.69 Å². The van der Waals surface area contributed by atoms with Gasteiger partial charge in [0.15, 0.2) is 0 Å². The number of hydrogen-bond donors (Lipinski definition) is 3. The summed E-state index contributed by atoms with van der Waals surface area (Å²) in [5, 5.41) is 3.08. The molecule has 0 bridgehead atoms. The number of rotatable bonds is 4. The van der Waals surface area contributed by atoms with Crippen molar-refractivity contribution in [2.75, 3.05) is 5.32 Å². The van der Waals surface area contributed by atoms with Crippen LogP contribution in [0.5, 0.6) is 0 Å². The first kappa shape index (κ1) is 15.5. The van der Waals surface area contributed by atoms with Crippen LogP contribution in [0.2, 0.25) is 0 Å². The van der Waals surface area contributed by atoms with Gasteiger partial charge in [-0.3, -0.25) is 4.79 Å². The Bertz CT molecular complexity index is 861. The summed E-state index contributed by atoms with van der Waals surface area (Å²) in [4.78, 5) is 12.6. The molecule has 2 atom stereocenters. The average Bonchev–Trinajstić information content (AvgIpc) is 3.46. The van der Waals surface area contributed by atoms with E-state index in [1.807, 2.05) is 54.8 Å². The molecule has 0 spiro atoms. The maximum Gasteiger partial charge on any atom is 0.228 e. The number of allylic oxidation sites excluding steroid dienone is 2. The van der Waals surface area contributed by atoms with Gasteiger partial charge in [-0.1, -0.05) is 36.4 Å². The van der Waals surface area contributed by atoms with Crippen LogP contribution in [0.25, 0.3) is 5.70 Å². The molecule has 4 rings (SSSR count). The second kappa shape index (κ2) is 6.48. The van der Waals surface area contributed by atoms with Crippen LogP contribution in [0, 0.1) is 12.8 Å². The molecule has 1 fully saturated rings. The van der Waals surface area contributed by atoms with E-state index in [4.69, 9.17) is 0 Å². The Morgan fingerprint density at radius 3 is 2.80 bits per heavy atom. The predicted octanol–water partition coefficient (Wildman–Crippen LogP) is 3.95. The fourth-order valence-electron chi connectivity index (χ4n) is 3.29. The second-order valence-electron chi connectivity index (χ2n) is 6.59. The van der Waals surface area contributed by atoms with E-state index in [2.05, 4.69) is 35.2 Å². The molecule has 0 aromatic heterocycles. The number of amides is 1. The first-order chi connectivity index (χ1) is 12.2. The third-order valence-electron chi connectivity index (χ3n) is 4.80. The predicted molar refractivity (Wildman–Crippen MR) is 103 cm³/mol. The average molecular weight is 333 g/mol. The zero-order valence-corrected chi connectivity index (χ0v) is 14.1. The van der Waals surface area contributed by atoms with Crippen LogP contribution in [0.3, 0.4) is 0 Å². The van der Waals surface area contributed by atoms with Gasteiger partial charge in [-0.05, 0) is 54.7 Å². The number of hydrazine groups is 1. The fourth-order valence-corrected chi connectivity index (χ4v) is 3.29. The number of aryl methyl sites for hydroxylation is 1. The smallest absolute Gasteiger partial charge is 0.228 e. The van der Waals surface area contributed by atoms with Gasteiger partial charge in [0.05, 0.1) is 5.70 Å². The maximum absolute atomic E-state index is 12.6. The molecule has 1 saturated carbocycles. The lowest BCUT2D eigenvalue weighted by Crippen LogP contribution is -2.27. The highest BCUT2D eigenvalue weighted by Crippen LogP contribution is 2.47. The molecule has 0 saturated heterocycles. The first-order valence-corrected chi connectivity index (χ1v) is 8.57. The van der Waals surface area contributed by atoms with E-state index >= 15 is 0 Å². The molecule has 4 heteroatoms. The molecule has 3 N–H and O–H groups in total. The Kier molecular flexibility index (Phi) is 4.02. The third kappa shape index (κ3) is 3.29. The van der Waals surface area contributed by atoms with Gasteiger partial charge in [-0.25, -0.2) is 0 Å². The van der Waals surface area contributed by atoms with Crippen molar-refractivity contribution in [1.29, 1.82) is 0 Å². The maximum atomic E-state index is 12.6. The molecule has 4 nitrogen and oxygen atoms in total. The summed E-state index contributed by atoms with van der Waals surface area (Å²) in [7, 11) is 0. The Labute approximate surface area is 149 Å². The molecule has 1 amide bonds. The van der Waals surface area contributed by atoms with Crippen molar-refractivity contribution < 1.29 is 6.22 Å². The Morgan fingerprint density at radius 1 is 1.20 bits per heavy atom. The van der Waals surface area contributed by atoms with Crippen molar-refractivity contribution >= 4 is 17.3 Å². The minimum absolute atomic E-state index is 0. The molecule has 1 aliphatic carbocycles. The fraction of sp³-hybridized carbons (Fsp3) is 0.190. The molecule has 2 aromatic rings. The Hall–Kier alpha value is -3.01. The van der Waals surface area contributed by atoms with Crippen LogP contribution < -0.4 is 16.2 Å². The molecular formula is C21H23N3O. The van der Waals surface area contributed by atoms with Gasteiger partial charge in [-0.2, -0.15) is 0 Å². The Balaban J connectivity index is 0.00000196. The lowest BCUT2D eigenvalue weighted by molar-refractivity contribution is -0.117. The van der Waals surface area contributed by atoms with E-state index < -0.39 is 0 Å². The topological polar surface area (TPSA) is 53.2 Å². The summed E-state index contributed by atoms with van der Waals surface area (Å²) in [5.74, 6) is 0.527. The zero-order chi connectivity index (χ0) is 17.2. The van der Waals surface area contributed by atoms with Gasteiger partial charge in [0.2, 0.25) is 5.91 Å². The van der Waals surface area contributed by atoms with Crippen LogP contribution >= 0.6 is 0 Å². The van der Waals surface area contributed by atoms with E-state index in [0.29, 0.717) is 5.92 Å². The van der Waals surface area contributed by atoms with Gasteiger partial charge >= 0.3 is 0 Å². The van der Waals surface area contributed by atoms with Crippen LogP contribution in [-0.2, 0) is 4.79 Å². The molecule has 1 aliphatic heterocycles. The number of carbonyl (C=O) groups excluding carboxylic acids is 1. The number of nitrogens with one attached hydrogen (secondary N) is 3. The van der Waals surface area contributed by atoms with Crippen molar-refractivity contribution in [2.24, 2.45) is 5.92 Å². The van der Waals surface area contributed by atoms with Gasteiger partial charge in [0, 0.05) is 24.8 Å². The lowest BCUT2D eigenvalue weighted by Gasteiger charge is -2.17. The van der Waals surface area contributed by atoms with Gasteiger partial charge < -0.3 is 16.2 Å². The SMILES string of the molecule is Cc1ccc(NC(=O)[C@@H]2CC2c2ccccc2)cc1C1=CC=CNN1.[HH]. The largest absolute Gasteiger partial charge is 0.326 e. The Morgan fingerprint density at radius 2 is 2.04 bits per heavy atom. The minimum atomic E-state index is 0. The van der Waals surface area contributed by atoms with Crippen molar-refractivity contribution in [3.8, 4) is 0 Å². The van der Waals surface area contributed by atoms with Crippen molar-refractivity contribution in [1.82, 2.24) is 10.9 Å². The summed E-state index contributed by atoms with van der Waals surface area (Å²) < 4.78 is 0. The first-order valence-electron chi connectivity index (χ1n) is 8.57. The summed E-state index contributed by atoms with van der Waals surface area (Å²) in [6.07, 6.45) is 6.72. The van der Waals surface area contributed by atoms with Crippen LogP contribution in [-0.4, -0.2) is 5.91 Å². The van der Waals surface area contributed by atoms with Crippen LogP contribution in [0.1, 0.15) is 30.5 Å². The molecule has 0 radical (unpaired) electrons. The number of carbonyl (C=O) groups is 1. The number of anilines is 1. The molecule has 1 heterocycles. The highest BCUT2D eigenvalue weighted by atomic mass is 16.2. The molecule has 25 heavy (non-hydrogen) atoms. The van der Waals surface area contributed by atoms with E-state index in [1.54, 1.807) is 0 Å². The summed E-state index contributed by atoms with van der Waals surface area (Å²) >= 11 is 0. The minimum Gasteiger partial charge on any atom is -0.326 e. The van der Waals surface area contributed by atoms with E-state index in [-0.39, 0.29) is 13.3 Å². The second-order valence-corrected chi connectivity index (χ2v) is 6.59. The van der Waals surface area contributed by atoms with Crippen molar-refractivity contribution in [3.05, 3.63) is 83.6 Å². The summed E-state index contributed by atoms with van der Waals surface area (Å²) in [6.45, 7) is 2.06. The molecular weight excluding hydrogens is 310 g/mol. The summed E-state index contributed by atoms with van der Waals surface area (Å²) in [6, 6.07) is 16.3. The van der Waals surface area contributed by atoms with Gasteiger partial charge in [0.1, 0.15) is 0 Å². The molecule has 128 valence electrons. The van der Waals surface area contributed by atoms with E-state index in [9.17, 15) is 4.79 Å². The molecule has 2 aromatic carbocycles.